The summed E-state index contributed by atoms with van der Waals surface area (Å²) in [5.74, 6) is 0.679. The van der Waals surface area contributed by atoms with Gasteiger partial charge in [0.15, 0.2) is 0 Å². The number of methoxy groups -OCH3 is 1. The van der Waals surface area contributed by atoms with Gasteiger partial charge in [-0.15, -0.1) is 0 Å². The number of thiocarbonyl (C=S) groups is 1. The van der Waals surface area contributed by atoms with Crippen molar-refractivity contribution in [2.75, 3.05) is 7.11 Å². The molecule has 0 aliphatic rings. The SMILES string of the molecule is COc1cc(COCc2ccccc2)ccc1C(N)=S. The van der Waals surface area contributed by atoms with Gasteiger partial charge in [-0.1, -0.05) is 48.6 Å². The maximum absolute atomic E-state index is 5.69. The molecule has 104 valence electrons. The van der Waals surface area contributed by atoms with Crippen molar-refractivity contribution in [1.29, 1.82) is 0 Å². The van der Waals surface area contributed by atoms with Crippen LogP contribution in [0.15, 0.2) is 48.5 Å². The molecule has 2 rings (SSSR count). The Bertz CT molecular complexity index is 584. The Hall–Kier alpha value is -1.91. The number of rotatable bonds is 6. The quantitative estimate of drug-likeness (QED) is 0.829. The van der Waals surface area contributed by atoms with Crippen molar-refractivity contribution >= 4 is 17.2 Å². The van der Waals surface area contributed by atoms with Gasteiger partial charge in [-0.2, -0.15) is 0 Å². The lowest BCUT2D eigenvalue weighted by atomic mass is 10.1. The fourth-order valence-corrected chi connectivity index (χ4v) is 2.06. The number of ether oxygens (including phenoxy) is 2. The number of hydrogen-bond acceptors (Lipinski definition) is 3. The lowest BCUT2D eigenvalue weighted by molar-refractivity contribution is 0.107. The number of nitrogens with two attached hydrogens (primary N) is 1. The summed E-state index contributed by atoms with van der Waals surface area (Å²) in [6.45, 7) is 1.10. The fraction of sp³-hybridized carbons (Fsp3) is 0.188. The molecule has 0 aromatic heterocycles. The molecular formula is C16H17NO2S. The maximum Gasteiger partial charge on any atom is 0.129 e. The molecule has 4 heteroatoms. The smallest absolute Gasteiger partial charge is 0.129 e. The molecule has 0 saturated carbocycles. The molecule has 0 amide bonds. The Morgan fingerprint density at radius 1 is 1.05 bits per heavy atom. The van der Waals surface area contributed by atoms with E-state index >= 15 is 0 Å². The van der Waals surface area contributed by atoms with Gasteiger partial charge < -0.3 is 15.2 Å². The average Bonchev–Trinajstić information content (AvgIpc) is 2.48. The molecule has 0 bridgehead atoms. The van der Waals surface area contributed by atoms with Gasteiger partial charge in [-0.3, -0.25) is 0 Å². The Morgan fingerprint density at radius 3 is 2.40 bits per heavy atom. The molecule has 0 heterocycles. The van der Waals surface area contributed by atoms with Gasteiger partial charge in [0.25, 0.3) is 0 Å². The lowest BCUT2D eigenvalue weighted by Crippen LogP contribution is -2.11. The third-order valence-corrected chi connectivity index (χ3v) is 3.13. The molecule has 3 nitrogen and oxygen atoms in total. The van der Waals surface area contributed by atoms with Crippen molar-refractivity contribution in [3.8, 4) is 5.75 Å². The van der Waals surface area contributed by atoms with Crippen molar-refractivity contribution in [1.82, 2.24) is 0 Å². The highest BCUT2D eigenvalue weighted by Crippen LogP contribution is 2.20. The van der Waals surface area contributed by atoms with Crippen LogP contribution in [0.3, 0.4) is 0 Å². The molecule has 0 radical (unpaired) electrons. The van der Waals surface area contributed by atoms with Gasteiger partial charge in [0.1, 0.15) is 10.7 Å². The molecule has 0 aliphatic carbocycles. The van der Waals surface area contributed by atoms with Gasteiger partial charge in [0.05, 0.1) is 25.9 Å². The van der Waals surface area contributed by atoms with E-state index in [2.05, 4.69) is 0 Å². The monoisotopic (exact) mass is 287 g/mol. The van der Waals surface area contributed by atoms with E-state index in [1.54, 1.807) is 7.11 Å². The van der Waals surface area contributed by atoms with E-state index in [-0.39, 0.29) is 0 Å². The summed E-state index contributed by atoms with van der Waals surface area (Å²) in [6.07, 6.45) is 0. The van der Waals surface area contributed by atoms with Crippen LogP contribution in [-0.4, -0.2) is 12.1 Å². The normalized spacial score (nSPS) is 10.2. The minimum absolute atomic E-state index is 0.332. The molecule has 0 fully saturated rings. The standard InChI is InChI=1S/C16H17NO2S/c1-18-15-9-13(7-8-14(15)16(17)20)11-19-10-12-5-3-2-4-6-12/h2-9H,10-11H2,1H3,(H2,17,20). The minimum atomic E-state index is 0.332. The van der Waals surface area contributed by atoms with E-state index < -0.39 is 0 Å². The van der Waals surface area contributed by atoms with Crippen LogP contribution in [0.5, 0.6) is 5.75 Å². The first-order chi connectivity index (χ1) is 9.70. The molecule has 0 aliphatic heterocycles. The van der Waals surface area contributed by atoms with Gasteiger partial charge in [-0.25, -0.2) is 0 Å². The van der Waals surface area contributed by atoms with Crippen molar-refractivity contribution in [3.05, 3.63) is 65.2 Å². The topological polar surface area (TPSA) is 44.5 Å². The second-order valence-electron chi connectivity index (χ2n) is 4.38. The molecule has 0 unspecified atom stereocenters. The van der Waals surface area contributed by atoms with E-state index in [0.29, 0.717) is 24.0 Å². The first-order valence-corrected chi connectivity index (χ1v) is 6.70. The van der Waals surface area contributed by atoms with Crippen LogP contribution in [0.1, 0.15) is 16.7 Å². The average molecular weight is 287 g/mol. The number of hydrogen-bond donors (Lipinski definition) is 1. The zero-order chi connectivity index (χ0) is 14.4. The maximum atomic E-state index is 5.69. The predicted molar refractivity (Wildman–Crippen MR) is 83.8 cm³/mol. The van der Waals surface area contributed by atoms with Crippen molar-refractivity contribution < 1.29 is 9.47 Å². The van der Waals surface area contributed by atoms with Gasteiger partial charge >= 0.3 is 0 Å². The summed E-state index contributed by atoms with van der Waals surface area (Å²) in [7, 11) is 1.60. The van der Waals surface area contributed by atoms with Crippen LogP contribution in [-0.2, 0) is 18.0 Å². The Labute approximate surface area is 124 Å². The first-order valence-electron chi connectivity index (χ1n) is 6.29. The zero-order valence-electron chi connectivity index (χ0n) is 11.3. The Balaban J connectivity index is 1.98. The largest absolute Gasteiger partial charge is 0.496 e. The highest BCUT2D eigenvalue weighted by atomic mass is 32.1. The highest BCUT2D eigenvalue weighted by Gasteiger charge is 2.06. The van der Waals surface area contributed by atoms with Crippen LogP contribution in [0.4, 0.5) is 0 Å². The van der Waals surface area contributed by atoms with Crippen LogP contribution < -0.4 is 10.5 Å². The first kappa shape index (κ1) is 14.5. The van der Waals surface area contributed by atoms with Crippen molar-refractivity contribution in [2.24, 2.45) is 5.73 Å². The van der Waals surface area contributed by atoms with Crippen LogP contribution in [0.2, 0.25) is 0 Å². The second kappa shape index (κ2) is 7.03. The molecule has 2 aromatic rings. The second-order valence-corrected chi connectivity index (χ2v) is 4.82. The predicted octanol–water partition coefficient (Wildman–Crippen LogP) is 3.05. The van der Waals surface area contributed by atoms with Crippen LogP contribution >= 0.6 is 12.2 Å². The Kier molecular flexibility index (Phi) is 5.09. The summed E-state index contributed by atoms with van der Waals surface area (Å²) >= 11 is 4.98. The molecular weight excluding hydrogens is 270 g/mol. The molecule has 2 N–H and O–H groups in total. The molecule has 0 atom stereocenters. The summed E-state index contributed by atoms with van der Waals surface area (Å²) in [5, 5.41) is 0. The van der Waals surface area contributed by atoms with E-state index in [0.717, 1.165) is 16.7 Å². The molecule has 0 spiro atoms. The van der Waals surface area contributed by atoms with E-state index in [4.69, 9.17) is 27.4 Å². The summed E-state index contributed by atoms with van der Waals surface area (Å²) in [4.78, 5) is 0.332. The molecule has 2 aromatic carbocycles. The Morgan fingerprint density at radius 2 is 1.75 bits per heavy atom. The summed E-state index contributed by atoms with van der Waals surface area (Å²) < 4.78 is 11.0. The van der Waals surface area contributed by atoms with E-state index in [9.17, 15) is 0 Å². The van der Waals surface area contributed by atoms with Gasteiger partial charge in [0, 0.05) is 0 Å². The van der Waals surface area contributed by atoms with Gasteiger partial charge in [-0.05, 0) is 23.3 Å². The highest BCUT2D eigenvalue weighted by molar-refractivity contribution is 7.80. The minimum Gasteiger partial charge on any atom is -0.496 e. The third-order valence-electron chi connectivity index (χ3n) is 2.91. The van der Waals surface area contributed by atoms with Gasteiger partial charge in [0.2, 0.25) is 0 Å². The molecule has 0 saturated heterocycles. The molecule has 20 heavy (non-hydrogen) atoms. The van der Waals surface area contributed by atoms with Crippen LogP contribution in [0.25, 0.3) is 0 Å². The van der Waals surface area contributed by atoms with Crippen molar-refractivity contribution in [3.63, 3.8) is 0 Å². The van der Waals surface area contributed by atoms with Crippen molar-refractivity contribution in [2.45, 2.75) is 13.2 Å². The van der Waals surface area contributed by atoms with E-state index in [1.165, 1.54) is 0 Å². The third kappa shape index (κ3) is 3.79. The number of benzene rings is 2. The van der Waals surface area contributed by atoms with E-state index in [1.807, 2.05) is 48.5 Å². The fourth-order valence-electron chi connectivity index (χ4n) is 1.89. The zero-order valence-corrected chi connectivity index (χ0v) is 12.2. The summed E-state index contributed by atoms with van der Waals surface area (Å²) in [5.41, 5.74) is 8.56. The van der Waals surface area contributed by atoms with Crippen LogP contribution in [0, 0.1) is 0 Å². The lowest BCUT2D eigenvalue weighted by Gasteiger charge is -2.10. The summed E-state index contributed by atoms with van der Waals surface area (Å²) in [6, 6.07) is 15.8.